The van der Waals surface area contributed by atoms with Gasteiger partial charge in [0.05, 0.1) is 0 Å². The van der Waals surface area contributed by atoms with Crippen LogP contribution in [0.1, 0.15) is 55.8 Å². The Kier molecular flexibility index (Phi) is 9.77. The molecule has 0 radical (unpaired) electrons. The Bertz CT molecular complexity index is 1990. The van der Waals surface area contributed by atoms with Crippen molar-refractivity contribution in [1.82, 2.24) is 0 Å². The Balaban J connectivity index is 1.54. The number of hydrogen-bond donors (Lipinski definition) is 0. The number of allylic oxidation sites excluding steroid dienone is 2. The molecule has 4 aromatic carbocycles. The summed E-state index contributed by atoms with van der Waals surface area (Å²) in [5, 5.41) is 2.98. The van der Waals surface area contributed by atoms with Gasteiger partial charge in [0.1, 0.15) is 0 Å². The second-order valence-electron chi connectivity index (χ2n) is 17.7. The number of halogens is 2. The molecule has 0 heterocycles. The van der Waals surface area contributed by atoms with Crippen molar-refractivity contribution >= 4 is 61.6 Å². The predicted octanol–water partition coefficient (Wildman–Crippen LogP) is 12.7. The zero-order valence-corrected chi connectivity index (χ0v) is 38.9. The molecule has 0 aliphatic heterocycles. The minimum atomic E-state index is -4.85. The van der Waals surface area contributed by atoms with Crippen molar-refractivity contribution in [2.45, 2.75) is 87.3 Å². The zero-order chi connectivity index (χ0) is 35.9. The first kappa shape index (κ1) is 37.2. The van der Waals surface area contributed by atoms with Gasteiger partial charge in [-0.2, -0.15) is 0 Å². The molecular formula is C43H55Cl2Si3Zr. The van der Waals surface area contributed by atoms with Crippen molar-refractivity contribution in [2.75, 3.05) is 0 Å². The topological polar surface area (TPSA) is 0 Å². The summed E-state index contributed by atoms with van der Waals surface area (Å²) in [5.41, 5.74) is 14.7. The average molecular weight is 818 g/mol. The predicted molar refractivity (Wildman–Crippen MR) is 227 cm³/mol. The van der Waals surface area contributed by atoms with E-state index in [1.165, 1.54) is 71.6 Å². The molecule has 4 aromatic rings. The summed E-state index contributed by atoms with van der Waals surface area (Å²) >= 11 is -4.85. The zero-order valence-electron chi connectivity index (χ0n) is 31.7. The normalized spacial score (nSPS) is 18.7. The van der Waals surface area contributed by atoms with Gasteiger partial charge in [0.2, 0.25) is 0 Å². The summed E-state index contributed by atoms with van der Waals surface area (Å²) < 4.78 is 0.177. The Morgan fingerprint density at radius 3 is 1.61 bits per heavy atom. The van der Waals surface area contributed by atoms with Crippen LogP contribution in [0.4, 0.5) is 0 Å². The van der Waals surface area contributed by atoms with Crippen LogP contribution in [-0.2, 0) is 15.6 Å². The van der Waals surface area contributed by atoms with E-state index in [2.05, 4.69) is 171 Å². The standard InChI is InChI=1S/C21H25Si.C20H23Si.C2H7Si.2ClH.Zr/c1-15(2)18-13-17-7-6-8-20(21(17)14-18)16-9-11-19(12-10-16)22(3,4)5;1-14-12-19-15(2)6-11-18(20(19)13-14)16-7-9-17(10-8-16)21(3,4)5;1-3-2;;;/h6-15H,1-5H3;6-13H,1-5H3;3H,1-2H3;2*1H;/q;;;;;+2/p-2. The van der Waals surface area contributed by atoms with Crippen LogP contribution in [-0.4, -0.2) is 22.1 Å². The molecule has 0 saturated carbocycles. The summed E-state index contributed by atoms with van der Waals surface area (Å²) in [4.78, 5) is 0. The van der Waals surface area contributed by atoms with E-state index in [4.69, 9.17) is 17.0 Å². The molecule has 2 aliphatic rings. The van der Waals surface area contributed by atoms with Crippen molar-refractivity contribution in [2.24, 2.45) is 5.92 Å². The molecular weight excluding hydrogens is 763 g/mol. The Morgan fingerprint density at radius 1 is 0.633 bits per heavy atom. The summed E-state index contributed by atoms with van der Waals surface area (Å²) in [6, 6.07) is 30.4. The van der Waals surface area contributed by atoms with E-state index >= 15 is 0 Å². The van der Waals surface area contributed by atoms with E-state index in [0.29, 0.717) is 5.92 Å². The number of fused-ring (bicyclic) bond motifs is 2. The fraction of sp³-hybridized carbons (Fsp3) is 0.349. The third-order valence-corrected chi connectivity index (χ3v) is 67.8. The van der Waals surface area contributed by atoms with E-state index in [-0.39, 0.29) is 7.25 Å². The summed E-state index contributed by atoms with van der Waals surface area (Å²) in [6.07, 6.45) is 4.95. The first-order valence-electron chi connectivity index (χ1n) is 18.2. The van der Waals surface area contributed by atoms with E-state index < -0.39 is 37.6 Å². The van der Waals surface area contributed by atoms with Crippen molar-refractivity contribution < 1.29 is 15.6 Å². The third-order valence-electron chi connectivity index (χ3n) is 11.7. The summed E-state index contributed by atoms with van der Waals surface area (Å²) in [6.45, 7) is 28.7. The van der Waals surface area contributed by atoms with Crippen LogP contribution in [0.25, 0.3) is 34.4 Å². The SMILES string of the molecule is CC1=Cc2c(-c3ccc([Si](C)(C)C)cc3)ccc(C)c2[CH]1[Zr]([Cl])([Cl])([CH]1C(C(C)C)=Cc2c(-c3ccc([Si](C)(C)C)cc3)cccc21)[SiH](C)C. The van der Waals surface area contributed by atoms with Crippen LogP contribution in [0.15, 0.2) is 90.0 Å². The molecule has 0 aromatic heterocycles. The van der Waals surface area contributed by atoms with Crippen LogP contribution in [0.2, 0.25) is 52.4 Å². The van der Waals surface area contributed by atoms with E-state index in [9.17, 15) is 0 Å². The molecule has 0 N–H and O–H groups in total. The molecule has 6 heteroatoms. The van der Waals surface area contributed by atoms with Crippen molar-refractivity contribution in [1.29, 1.82) is 0 Å². The van der Waals surface area contributed by atoms with Crippen LogP contribution >= 0.6 is 17.0 Å². The molecule has 2 unspecified atom stereocenters. The summed E-state index contributed by atoms with van der Waals surface area (Å²) in [7, 11) is 14.6. The Hall–Kier alpha value is -1.53. The van der Waals surface area contributed by atoms with Gasteiger partial charge in [0.15, 0.2) is 0 Å². The van der Waals surface area contributed by atoms with Crippen LogP contribution in [0, 0.1) is 12.8 Å². The third kappa shape index (κ3) is 6.23. The molecule has 0 spiro atoms. The second kappa shape index (κ2) is 12.9. The van der Waals surface area contributed by atoms with Crippen LogP contribution in [0.3, 0.4) is 0 Å². The van der Waals surface area contributed by atoms with Gasteiger partial charge in [0.25, 0.3) is 0 Å². The quantitative estimate of drug-likeness (QED) is 0.155. The molecule has 0 fully saturated rings. The van der Waals surface area contributed by atoms with E-state index in [0.717, 1.165) is 0 Å². The van der Waals surface area contributed by atoms with Crippen LogP contribution in [0.5, 0.6) is 0 Å². The van der Waals surface area contributed by atoms with Gasteiger partial charge in [-0.3, -0.25) is 0 Å². The second-order valence-corrected chi connectivity index (χ2v) is 70.3. The van der Waals surface area contributed by atoms with Gasteiger partial charge in [-0.05, 0) is 0 Å². The number of aryl methyl sites for hydroxylation is 1. The average Bonchev–Trinajstić information content (AvgIpc) is 3.61. The van der Waals surface area contributed by atoms with E-state index in [1.807, 2.05) is 0 Å². The van der Waals surface area contributed by atoms with Gasteiger partial charge in [0, 0.05) is 0 Å². The fourth-order valence-electron chi connectivity index (χ4n) is 8.71. The minimum absolute atomic E-state index is 0.0884. The molecule has 0 bridgehead atoms. The molecule has 2 aliphatic carbocycles. The number of hydrogen-bond acceptors (Lipinski definition) is 0. The van der Waals surface area contributed by atoms with E-state index in [1.54, 1.807) is 0 Å². The van der Waals surface area contributed by atoms with Gasteiger partial charge >= 0.3 is 310 Å². The Morgan fingerprint density at radius 2 is 1.14 bits per heavy atom. The first-order valence-corrected chi connectivity index (χ1v) is 41.5. The maximum atomic E-state index is 8.71. The maximum absolute atomic E-state index is 8.71. The molecule has 49 heavy (non-hydrogen) atoms. The van der Waals surface area contributed by atoms with Crippen molar-refractivity contribution in [3.8, 4) is 22.3 Å². The van der Waals surface area contributed by atoms with Crippen molar-refractivity contribution in [3.05, 3.63) is 118 Å². The molecule has 0 amide bonds. The van der Waals surface area contributed by atoms with Gasteiger partial charge in [-0.1, -0.05) is 0 Å². The van der Waals surface area contributed by atoms with Gasteiger partial charge in [-0.25, -0.2) is 0 Å². The molecule has 2 atom stereocenters. The monoisotopic (exact) mass is 815 g/mol. The fourth-order valence-corrected chi connectivity index (χ4v) is 43.3. The number of benzene rings is 4. The molecule has 0 nitrogen and oxygen atoms in total. The molecule has 0 saturated heterocycles. The summed E-state index contributed by atoms with van der Waals surface area (Å²) in [5.74, 6) is -1.29. The molecule has 6 rings (SSSR count). The first-order chi connectivity index (χ1) is 22.7. The Labute approximate surface area is 307 Å². The van der Waals surface area contributed by atoms with Gasteiger partial charge in [-0.15, -0.1) is 0 Å². The molecule has 257 valence electrons. The van der Waals surface area contributed by atoms with Crippen LogP contribution < -0.4 is 10.4 Å². The van der Waals surface area contributed by atoms with Gasteiger partial charge < -0.3 is 0 Å². The number of rotatable bonds is 8. The van der Waals surface area contributed by atoms with Crippen molar-refractivity contribution in [3.63, 3.8) is 0 Å².